The highest BCUT2D eigenvalue weighted by molar-refractivity contribution is 7.71. The Hall–Kier alpha value is -1.52. The summed E-state index contributed by atoms with van der Waals surface area (Å²) in [7, 11) is 3.41. The van der Waals surface area contributed by atoms with E-state index in [9.17, 15) is 0 Å². The first kappa shape index (κ1) is 11.6. The second-order valence-electron chi connectivity index (χ2n) is 3.95. The lowest BCUT2D eigenvalue weighted by Crippen LogP contribution is -1.98. The van der Waals surface area contributed by atoms with Crippen molar-refractivity contribution in [3.8, 4) is 0 Å². The molecule has 3 rings (SSSR count). The Bertz CT molecular complexity index is 698. The maximum atomic E-state index is 4.68. The molecule has 18 heavy (non-hydrogen) atoms. The summed E-state index contributed by atoms with van der Waals surface area (Å²) >= 11 is 0. The predicted molar refractivity (Wildman–Crippen MR) is 78.1 cm³/mol. The third kappa shape index (κ3) is 2.49. The van der Waals surface area contributed by atoms with Gasteiger partial charge in [0, 0.05) is 18.1 Å². The Balaban J connectivity index is 1.81. The Morgan fingerprint density at radius 3 is 2.78 bits per heavy atom. The van der Waals surface area contributed by atoms with Crippen LogP contribution in [-0.2, 0) is 6.42 Å². The molecule has 0 spiro atoms. The van der Waals surface area contributed by atoms with Crippen LogP contribution >= 0.6 is 20.7 Å². The minimum atomic E-state index is 0.835. The van der Waals surface area contributed by atoms with Gasteiger partial charge < -0.3 is 0 Å². The molecule has 0 radical (unpaired) electrons. The molecule has 0 amide bonds. The summed E-state index contributed by atoms with van der Waals surface area (Å²) in [5, 5.41) is 1.18. The highest BCUT2D eigenvalue weighted by Crippen LogP contribution is 2.16. The van der Waals surface area contributed by atoms with Crippen molar-refractivity contribution < 1.29 is 0 Å². The van der Waals surface area contributed by atoms with E-state index in [1.54, 1.807) is 20.7 Å². The number of rotatable bonds is 3. The fourth-order valence-corrected chi connectivity index (χ4v) is 4.07. The summed E-state index contributed by atoms with van der Waals surface area (Å²) in [5.74, 6) is 0. The van der Waals surface area contributed by atoms with Crippen molar-refractivity contribution in [1.29, 1.82) is 0 Å². The van der Waals surface area contributed by atoms with Crippen molar-refractivity contribution >= 4 is 30.9 Å². The largest absolute Gasteiger partial charge is 0.273 e. The molecule has 90 valence electrons. The van der Waals surface area contributed by atoms with Gasteiger partial charge in [-0.15, -0.1) is 0 Å². The van der Waals surface area contributed by atoms with Gasteiger partial charge in [0.25, 0.3) is 0 Å². The Kier molecular flexibility index (Phi) is 3.48. The van der Waals surface area contributed by atoms with Gasteiger partial charge >= 0.3 is 0 Å². The topological polar surface area (TPSA) is 25.2 Å². The van der Waals surface area contributed by atoms with Crippen molar-refractivity contribution in [3.63, 3.8) is 0 Å². The van der Waals surface area contributed by atoms with E-state index < -0.39 is 0 Å². The number of fused-ring (bicyclic) bond motifs is 1. The maximum Gasteiger partial charge on any atom is 0.136 e. The third-order valence-electron chi connectivity index (χ3n) is 2.70. The first-order valence-electron chi connectivity index (χ1n) is 5.82. The van der Waals surface area contributed by atoms with Gasteiger partial charge in [0.05, 0.1) is 0 Å². The van der Waals surface area contributed by atoms with Crippen LogP contribution in [0.1, 0.15) is 5.56 Å². The Labute approximate surface area is 113 Å². The van der Waals surface area contributed by atoms with Crippen LogP contribution in [0.15, 0.2) is 53.7 Å². The molecule has 0 saturated carbocycles. The second kappa shape index (κ2) is 5.42. The zero-order valence-electron chi connectivity index (χ0n) is 9.74. The molecule has 2 aromatic heterocycles. The van der Waals surface area contributed by atoms with E-state index in [0.29, 0.717) is 0 Å². The number of hydrogen-bond acceptors (Lipinski definition) is 4. The molecule has 0 bridgehead atoms. The summed E-state index contributed by atoms with van der Waals surface area (Å²) in [4.78, 5) is 10.1. The fraction of sp³-hybridized carbons (Fsp3) is 0.143. The van der Waals surface area contributed by atoms with Gasteiger partial charge in [-0.05, 0) is 24.1 Å². The van der Waals surface area contributed by atoms with Crippen LogP contribution in [0.3, 0.4) is 0 Å². The molecule has 2 heterocycles. The lowest BCUT2D eigenvalue weighted by atomic mass is 10.2. The third-order valence-corrected chi connectivity index (χ3v) is 4.97. The van der Waals surface area contributed by atoms with E-state index in [0.717, 1.165) is 22.5 Å². The molecule has 0 aliphatic rings. The molecule has 0 aliphatic heterocycles. The summed E-state index contributed by atoms with van der Waals surface area (Å²) in [6, 6.07) is 14.5. The van der Waals surface area contributed by atoms with E-state index in [2.05, 4.69) is 40.3 Å². The molecule has 4 heteroatoms. The summed E-state index contributed by atoms with van der Waals surface area (Å²) in [6.45, 7) is 0.835. The highest BCUT2D eigenvalue weighted by atomic mass is 32.9. The van der Waals surface area contributed by atoms with Crippen molar-refractivity contribution in [1.82, 2.24) is 4.98 Å². The van der Waals surface area contributed by atoms with Gasteiger partial charge in [0.15, 0.2) is 0 Å². The molecule has 3 aromatic rings. The van der Waals surface area contributed by atoms with Crippen LogP contribution in [0.5, 0.6) is 0 Å². The SMILES string of the molecule is c1ccc(CCN=c2ssc3ncccc23)cc1. The molecular formula is C14H12N2S2. The fourth-order valence-electron chi connectivity index (χ4n) is 1.79. The molecule has 0 unspecified atom stereocenters. The maximum absolute atomic E-state index is 4.68. The monoisotopic (exact) mass is 272 g/mol. The zero-order valence-corrected chi connectivity index (χ0v) is 11.4. The molecule has 1 aromatic carbocycles. The number of nitrogens with zero attached hydrogens (tertiary/aromatic N) is 2. The van der Waals surface area contributed by atoms with Crippen molar-refractivity contribution in [2.45, 2.75) is 6.42 Å². The summed E-state index contributed by atoms with van der Waals surface area (Å²) in [5.41, 5.74) is 1.34. The standard InChI is InChI=1S/C14H12N2S2/c1-2-5-11(6-3-1)8-10-16-14-12-7-4-9-15-13(12)17-18-14/h1-7,9H,8,10H2. The first-order valence-corrected chi connectivity index (χ1v) is 7.97. The van der Waals surface area contributed by atoms with E-state index in [-0.39, 0.29) is 0 Å². The van der Waals surface area contributed by atoms with E-state index in [4.69, 9.17) is 0 Å². The lowest BCUT2D eigenvalue weighted by Gasteiger charge is -1.95. The molecular weight excluding hydrogens is 260 g/mol. The van der Waals surface area contributed by atoms with Gasteiger partial charge in [-0.25, -0.2) is 4.98 Å². The first-order chi connectivity index (χ1) is 8.93. The van der Waals surface area contributed by atoms with Crippen molar-refractivity contribution in [3.05, 3.63) is 58.9 Å². The number of hydrogen-bond donors (Lipinski definition) is 0. The van der Waals surface area contributed by atoms with Crippen molar-refractivity contribution in [2.75, 3.05) is 6.54 Å². The average molecular weight is 272 g/mol. The zero-order chi connectivity index (χ0) is 12.2. The lowest BCUT2D eigenvalue weighted by molar-refractivity contribution is 0.946. The Morgan fingerprint density at radius 2 is 1.89 bits per heavy atom. The number of benzene rings is 1. The van der Waals surface area contributed by atoms with Crippen LogP contribution in [0, 0.1) is 0 Å². The molecule has 2 nitrogen and oxygen atoms in total. The van der Waals surface area contributed by atoms with E-state index in [1.807, 2.05) is 18.3 Å². The summed E-state index contributed by atoms with van der Waals surface area (Å²) in [6.07, 6.45) is 2.82. The van der Waals surface area contributed by atoms with Crippen LogP contribution in [-0.4, -0.2) is 11.5 Å². The van der Waals surface area contributed by atoms with Gasteiger partial charge in [-0.3, -0.25) is 4.99 Å². The minimum absolute atomic E-state index is 0.835. The predicted octanol–water partition coefficient (Wildman–Crippen LogP) is 3.50. The molecule has 0 atom stereocenters. The molecule has 0 fully saturated rings. The van der Waals surface area contributed by atoms with Crippen LogP contribution in [0.25, 0.3) is 10.2 Å². The van der Waals surface area contributed by atoms with E-state index in [1.165, 1.54) is 10.9 Å². The highest BCUT2D eigenvalue weighted by Gasteiger charge is 1.99. The number of aromatic nitrogens is 1. The van der Waals surface area contributed by atoms with Crippen LogP contribution in [0.2, 0.25) is 0 Å². The quantitative estimate of drug-likeness (QED) is 0.670. The van der Waals surface area contributed by atoms with Crippen LogP contribution in [0.4, 0.5) is 0 Å². The van der Waals surface area contributed by atoms with Gasteiger partial charge in [0.1, 0.15) is 9.50 Å². The van der Waals surface area contributed by atoms with Gasteiger partial charge in [-0.2, -0.15) is 0 Å². The normalized spacial score (nSPS) is 12.1. The summed E-state index contributed by atoms with van der Waals surface area (Å²) < 4.78 is 1.11. The number of pyridine rings is 1. The average Bonchev–Trinajstić information content (AvgIpc) is 2.84. The van der Waals surface area contributed by atoms with Crippen molar-refractivity contribution in [2.24, 2.45) is 4.99 Å². The molecule has 0 saturated heterocycles. The molecule has 0 aliphatic carbocycles. The van der Waals surface area contributed by atoms with E-state index >= 15 is 0 Å². The minimum Gasteiger partial charge on any atom is -0.273 e. The smallest absolute Gasteiger partial charge is 0.136 e. The van der Waals surface area contributed by atoms with Gasteiger partial charge in [0.2, 0.25) is 0 Å². The van der Waals surface area contributed by atoms with Crippen LogP contribution < -0.4 is 4.67 Å². The Morgan fingerprint density at radius 1 is 1.00 bits per heavy atom. The molecule has 0 N–H and O–H groups in total. The second-order valence-corrected chi connectivity index (χ2v) is 6.05. The van der Waals surface area contributed by atoms with Gasteiger partial charge in [-0.1, -0.05) is 51.0 Å².